The van der Waals surface area contributed by atoms with Gasteiger partial charge in [0.2, 0.25) is 5.91 Å². The largest absolute Gasteiger partial charge is 0.495 e. The molecular formula is C21H17ClN2O3. The maximum atomic E-state index is 12.8. The Labute approximate surface area is 161 Å². The third-order valence-electron chi connectivity index (χ3n) is 4.63. The first-order chi connectivity index (χ1) is 13.1. The second-order valence-corrected chi connectivity index (χ2v) is 6.76. The number of nitrogens with zero attached hydrogens (tertiary/aromatic N) is 1. The lowest BCUT2D eigenvalue weighted by Gasteiger charge is -2.17. The Bertz CT molecular complexity index is 1050. The smallest absolute Gasteiger partial charge is 0.256 e. The van der Waals surface area contributed by atoms with Crippen LogP contribution in [0.2, 0.25) is 5.02 Å². The van der Waals surface area contributed by atoms with E-state index in [9.17, 15) is 9.59 Å². The van der Waals surface area contributed by atoms with E-state index in [-0.39, 0.29) is 18.2 Å². The molecule has 27 heavy (non-hydrogen) atoms. The molecule has 136 valence electrons. The Kier molecular flexibility index (Phi) is 4.46. The summed E-state index contributed by atoms with van der Waals surface area (Å²) >= 11 is 6.14. The Hall–Kier alpha value is -3.05. The number of nitrogens with one attached hydrogen (secondary N) is 1. The number of carbonyl (C=O) groups is 2. The van der Waals surface area contributed by atoms with Crippen molar-refractivity contribution in [2.45, 2.75) is 12.5 Å². The first-order valence-electron chi connectivity index (χ1n) is 8.52. The van der Waals surface area contributed by atoms with Gasteiger partial charge in [0.15, 0.2) is 0 Å². The molecule has 1 atom stereocenters. The molecule has 4 rings (SSSR count). The maximum Gasteiger partial charge on any atom is 0.256 e. The van der Waals surface area contributed by atoms with E-state index in [0.717, 1.165) is 16.5 Å². The van der Waals surface area contributed by atoms with Crippen LogP contribution in [0.3, 0.4) is 0 Å². The lowest BCUT2D eigenvalue weighted by Crippen LogP contribution is -2.34. The molecule has 0 aliphatic carbocycles. The average molecular weight is 381 g/mol. The van der Waals surface area contributed by atoms with Gasteiger partial charge in [-0.2, -0.15) is 0 Å². The first-order valence-corrected chi connectivity index (χ1v) is 8.90. The first kappa shape index (κ1) is 17.4. The summed E-state index contributed by atoms with van der Waals surface area (Å²) in [6.45, 7) is 0. The number of halogens is 1. The van der Waals surface area contributed by atoms with Crippen molar-refractivity contribution in [1.82, 2.24) is 0 Å². The van der Waals surface area contributed by atoms with Crippen LogP contribution in [0.4, 0.5) is 11.4 Å². The van der Waals surface area contributed by atoms with E-state index >= 15 is 0 Å². The van der Waals surface area contributed by atoms with Gasteiger partial charge in [0, 0.05) is 5.69 Å². The molecule has 0 bridgehead atoms. The number of rotatable bonds is 4. The highest BCUT2D eigenvalue weighted by Gasteiger charge is 2.39. The van der Waals surface area contributed by atoms with Gasteiger partial charge in [0.25, 0.3) is 5.91 Å². The molecule has 0 saturated carbocycles. The summed E-state index contributed by atoms with van der Waals surface area (Å²) in [6, 6.07) is 18.1. The minimum atomic E-state index is -0.612. The normalized spacial score (nSPS) is 16.8. The number of methoxy groups -OCH3 is 1. The van der Waals surface area contributed by atoms with Crippen LogP contribution in [-0.4, -0.2) is 25.0 Å². The van der Waals surface area contributed by atoms with Gasteiger partial charge in [-0.1, -0.05) is 41.9 Å². The fourth-order valence-corrected chi connectivity index (χ4v) is 3.54. The van der Waals surface area contributed by atoms with E-state index < -0.39 is 6.04 Å². The van der Waals surface area contributed by atoms with E-state index in [1.807, 2.05) is 42.5 Å². The molecule has 5 nitrogen and oxygen atoms in total. The van der Waals surface area contributed by atoms with Gasteiger partial charge in [-0.15, -0.1) is 0 Å². The fraction of sp³-hybridized carbons (Fsp3) is 0.143. The van der Waals surface area contributed by atoms with E-state index in [2.05, 4.69) is 5.32 Å². The number of carbonyl (C=O) groups excluding carboxylic acids is 2. The van der Waals surface area contributed by atoms with E-state index in [1.54, 1.807) is 18.2 Å². The van der Waals surface area contributed by atoms with Crippen LogP contribution in [-0.2, 0) is 9.59 Å². The summed E-state index contributed by atoms with van der Waals surface area (Å²) in [6.07, 6.45) is 0.0926. The quantitative estimate of drug-likeness (QED) is 0.687. The number of imide groups is 1. The van der Waals surface area contributed by atoms with Crippen LogP contribution >= 0.6 is 11.6 Å². The number of ether oxygens (including phenoxy) is 1. The molecule has 0 unspecified atom stereocenters. The zero-order valence-corrected chi connectivity index (χ0v) is 15.4. The minimum Gasteiger partial charge on any atom is -0.495 e. The van der Waals surface area contributed by atoms with Crippen LogP contribution in [0, 0.1) is 0 Å². The summed E-state index contributed by atoms with van der Waals surface area (Å²) in [7, 11) is 1.51. The highest BCUT2D eigenvalue weighted by atomic mass is 35.5. The number of benzene rings is 3. The molecule has 1 aliphatic rings. The predicted molar refractivity (Wildman–Crippen MR) is 106 cm³/mol. The second-order valence-electron chi connectivity index (χ2n) is 6.35. The van der Waals surface area contributed by atoms with Crippen molar-refractivity contribution in [2.75, 3.05) is 17.3 Å². The third kappa shape index (κ3) is 3.22. The Morgan fingerprint density at radius 1 is 1.04 bits per heavy atom. The Morgan fingerprint density at radius 3 is 2.56 bits per heavy atom. The van der Waals surface area contributed by atoms with Crippen molar-refractivity contribution in [3.05, 3.63) is 65.7 Å². The molecule has 1 fully saturated rings. The van der Waals surface area contributed by atoms with E-state index in [4.69, 9.17) is 16.3 Å². The topological polar surface area (TPSA) is 58.6 Å². The molecule has 0 aromatic heterocycles. The number of anilines is 2. The van der Waals surface area contributed by atoms with Crippen molar-refractivity contribution in [3.8, 4) is 5.75 Å². The van der Waals surface area contributed by atoms with Gasteiger partial charge < -0.3 is 10.1 Å². The molecule has 3 aromatic carbocycles. The lowest BCUT2D eigenvalue weighted by atomic mass is 10.1. The summed E-state index contributed by atoms with van der Waals surface area (Å²) in [5, 5.41) is 5.71. The summed E-state index contributed by atoms with van der Waals surface area (Å²) in [4.78, 5) is 26.4. The van der Waals surface area contributed by atoms with Crippen molar-refractivity contribution in [1.29, 1.82) is 0 Å². The highest BCUT2D eigenvalue weighted by molar-refractivity contribution is 6.33. The second kappa shape index (κ2) is 6.93. The van der Waals surface area contributed by atoms with Crippen LogP contribution in [0.25, 0.3) is 10.8 Å². The van der Waals surface area contributed by atoms with Gasteiger partial charge in [-0.3, -0.25) is 9.59 Å². The van der Waals surface area contributed by atoms with Gasteiger partial charge in [-0.05, 0) is 41.1 Å². The van der Waals surface area contributed by atoms with Crippen LogP contribution in [0.15, 0.2) is 60.7 Å². The summed E-state index contributed by atoms with van der Waals surface area (Å²) < 4.78 is 5.12. The lowest BCUT2D eigenvalue weighted by molar-refractivity contribution is -0.121. The molecule has 1 aliphatic heterocycles. The SMILES string of the molecule is COc1ccc(N2C(=O)C[C@@H](Nc3ccc4ccccc4c3)C2=O)cc1Cl. The van der Waals surface area contributed by atoms with E-state index in [1.165, 1.54) is 12.0 Å². The molecule has 1 saturated heterocycles. The van der Waals surface area contributed by atoms with E-state index in [0.29, 0.717) is 16.5 Å². The molecule has 2 amide bonds. The molecule has 0 spiro atoms. The van der Waals surface area contributed by atoms with Gasteiger partial charge in [0.05, 0.1) is 24.2 Å². The van der Waals surface area contributed by atoms with Crippen molar-refractivity contribution in [2.24, 2.45) is 0 Å². The van der Waals surface area contributed by atoms with Crippen LogP contribution < -0.4 is 15.0 Å². The molecule has 6 heteroatoms. The molecule has 1 heterocycles. The van der Waals surface area contributed by atoms with Crippen molar-refractivity contribution >= 4 is 45.6 Å². The number of hydrogen-bond acceptors (Lipinski definition) is 4. The fourth-order valence-electron chi connectivity index (χ4n) is 3.29. The molecular weight excluding hydrogens is 364 g/mol. The zero-order chi connectivity index (χ0) is 19.0. The standard InChI is InChI=1S/C21H17ClN2O3/c1-27-19-9-8-16(11-17(19)22)24-20(25)12-18(21(24)26)23-15-7-6-13-4-2-3-5-14(13)10-15/h2-11,18,23H,12H2,1H3/t18-/m1/s1. The van der Waals surface area contributed by atoms with Crippen molar-refractivity contribution in [3.63, 3.8) is 0 Å². The number of fused-ring (bicyclic) bond motifs is 1. The minimum absolute atomic E-state index is 0.0926. The molecule has 0 radical (unpaired) electrons. The molecule has 1 N–H and O–H groups in total. The number of amides is 2. The summed E-state index contributed by atoms with van der Waals surface area (Å²) in [5.74, 6) is -0.0701. The van der Waals surface area contributed by atoms with Crippen LogP contribution in [0.5, 0.6) is 5.75 Å². The zero-order valence-electron chi connectivity index (χ0n) is 14.6. The monoisotopic (exact) mass is 380 g/mol. The Morgan fingerprint density at radius 2 is 1.81 bits per heavy atom. The average Bonchev–Trinajstić information content (AvgIpc) is 2.95. The Balaban J connectivity index is 1.57. The summed E-state index contributed by atoms with van der Waals surface area (Å²) in [5.41, 5.74) is 1.24. The third-order valence-corrected chi connectivity index (χ3v) is 4.93. The molecule has 3 aromatic rings. The van der Waals surface area contributed by atoms with Gasteiger partial charge >= 0.3 is 0 Å². The van der Waals surface area contributed by atoms with Crippen molar-refractivity contribution < 1.29 is 14.3 Å². The van der Waals surface area contributed by atoms with Gasteiger partial charge in [-0.25, -0.2) is 4.90 Å². The van der Waals surface area contributed by atoms with Gasteiger partial charge in [0.1, 0.15) is 11.8 Å². The highest BCUT2D eigenvalue weighted by Crippen LogP contribution is 2.32. The van der Waals surface area contributed by atoms with Crippen LogP contribution in [0.1, 0.15) is 6.42 Å². The maximum absolute atomic E-state index is 12.8. The predicted octanol–water partition coefficient (Wildman–Crippen LogP) is 4.25. The number of hydrogen-bond donors (Lipinski definition) is 1.